The van der Waals surface area contributed by atoms with E-state index in [1.165, 1.54) is 0 Å². The molecule has 0 aromatic heterocycles. The van der Waals surface area contributed by atoms with Gasteiger partial charge in [-0.3, -0.25) is 4.79 Å². The normalized spacial score (nSPS) is 13.8. The number of hydrogen-bond donors (Lipinski definition) is 1. The molecule has 1 amide bonds. The number of halogens is 3. The number of benzene rings is 1. The molecule has 20 heavy (non-hydrogen) atoms. The molecule has 1 heterocycles. The predicted octanol–water partition coefficient (Wildman–Crippen LogP) is 1.86. The molecule has 0 saturated carbocycles. The van der Waals surface area contributed by atoms with Gasteiger partial charge < -0.3 is 19.5 Å². The fourth-order valence-corrected chi connectivity index (χ4v) is 1.56. The molecule has 0 bridgehead atoms. The number of hydrogen-bond acceptors (Lipinski definition) is 4. The van der Waals surface area contributed by atoms with Gasteiger partial charge in [-0.1, -0.05) is 0 Å². The van der Waals surface area contributed by atoms with Gasteiger partial charge in [0, 0.05) is 6.07 Å². The molecule has 0 fully saturated rings. The highest BCUT2D eigenvalue weighted by molar-refractivity contribution is 5.76. The Hall–Kier alpha value is -2.12. The lowest BCUT2D eigenvalue weighted by molar-refractivity contribution is -0.154. The number of fused-ring (bicyclic) bond motifs is 1. The maximum atomic E-state index is 11.9. The Bertz CT molecular complexity index is 490. The summed E-state index contributed by atoms with van der Waals surface area (Å²) in [6, 6.07) is 4.75. The number of carbonyl (C=O) groups excluding carboxylic acids is 1. The van der Waals surface area contributed by atoms with Crippen LogP contribution in [0.1, 0.15) is 6.42 Å². The minimum atomic E-state index is -4.53. The van der Waals surface area contributed by atoms with Crippen molar-refractivity contribution in [2.45, 2.75) is 12.6 Å². The largest absolute Gasteiger partial charge is 0.486 e. The third kappa shape index (κ3) is 4.22. The van der Waals surface area contributed by atoms with Crippen molar-refractivity contribution < 1.29 is 32.2 Å². The molecule has 0 atom stereocenters. The monoisotopic (exact) mass is 291 g/mol. The van der Waals surface area contributed by atoms with E-state index in [0.29, 0.717) is 30.5 Å². The second kappa shape index (κ2) is 5.89. The van der Waals surface area contributed by atoms with Gasteiger partial charge in [0.2, 0.25) is 5.91 Å². The van der Waals surface area contributed by atoms with Crippen LogP contribution in [0.4, 0.5) is 13.2 Å². The van der Waals surface area contributed by atoms with Gasteiger partial charge in [0.15, 0.2) is 18.2 Å². The standard InChI is InChI=1S/C12H12F3NO4/c13-12(14,15)6-11(17)16-7-20-8-1-2-9-10(5-8)19-4-3-18-9/h1-2,5H,3-4,6-7H2,(H,16,17). The van der Waals surface area contributed by atoms with Crippen molar-refractivity contribution in [1.29, 1.82) is 0 Å². The first kappa shape index (κ1) is 14.3. The maximum Gasteiger partial charge on any atom is 0.397 e. The topological polar surface area (TPSA) is 56.8 Å². The van der Waals surface area contributed by atoms with E-state index in [-0.39, 0.29) is 6.73 Å². The van der Waals surface area contributed by atoms with E-state index >= 15 is 0 Å². The first-order valence-corrected chi connectivity index (χ1v) is 5.80. The van der Waals surface area contributed by atoms with E-state index in [1.54, 1.807) is 18.2 Å². The van der Waals surface area contributed by atoms with E-state index < -0.39 is 18.5 Å². The molecule has 5 nitrogen and oxygen atoms in total. The highest BCUT2D eigenvalue weighted by Crippen LogP contribution is 2.33. The Labute approximate surface area is 112 Å². The number of amides is 1. The third-order valence-corrected chi connectivity index (χ3v) is 2.38. The summed E-state index contributed by atoms with van der Waals surface area (Å²) in [5, 5.41) is 2.01. The van der Waals surface area contributed by atoms with Crippen LogP contribution >= 0.6 is 0 Å². The van der Waals surface area contributed by atoms with Crippen molar-refractivity contribution in [3.8, 4) is 17.2 Å². The van der Waals surface area contributed by atoms with Crippen molar-refractivity contribution in [3.63, 3.8) is 0 Å². The van der Waals surface area contributed by atoms with Crippen molar-refractivity contribution in [2.75, 3.05) is 19.9 Å². The summed E-state index contributed by atoms with van der Waals surface area (Å²) in [6.07, 6.45) is -6.06. The first-order valence-electron chi connectivity index (χ1n) is 5.80. The molecule has 1 aromatic carbocycles. The Morgan fingerprint density at radius 1 is 1.25 bits per heavy atom. The summed E-state index contributed by atoms with van der Waals surface area (Å²) in [6.45, 7) is 0.522. The lowest BCUT2D eigenvalue weighted by Crippen LogP contribution is -2.31. The lowest BCUT2D eigenvalue weighted by atomic mass is 10.3. The van der Waals surface area contributed by atoms with E-state index in [9.17, 15) is 18.0 Å². The molecule has 0 unspecified atom stereocenters. The smallest absolute Gasteiger partial charge is 0.397 e. The summed E-state index contributed by atoms with van der Waals surface area (Å²) < 4.78 is 51.5. The number of alkyl halides is 3. The summed E-state index contributed by atoms with van der Waals surface area (Å²) in [7, 11) is 0. The number of carbonyl (C=O) groups is 1. The summed E-state index contributed by atoms with van der Waals surface area (Å²) in [4.78, 5) is 10.9. The van der Waals surface area contributed by atoms with E-state index in [1.807, 2.05) is 5.32 Å². The van der Waals surface area contributed by atoms with Gasteiger partial charge in [-0.2, -0.15) is 13.2 Å². The average Bonchev–Trinajstić information content (AvgIpc) is 2.36. The minimum absolute atomic E-state index is 0.353. The van der Waals surface area contributed by atoms with Crippen LogP contribution in [0.3, 0.4) is 0 Å². The summed E-state index contributed by atoms with van der Waals surface area (Å²) >= 11 is 0. The van der Waals surface area contributed by atoms with Crippen molar-refractivity contribution >= 4 is 5.91 Å². The Morgan fingerprint density at radius 3 is 2.65 bits per heavy atom. The molecule has 1 aliphatic rings. The van der Waals surface area contributed by atoms with Crippen molar-refractivity contribution in [3.05, 3.63) is 18.2 Å². The molecule has 1 N–H and O–H groups in total. The van der Waals surface area contributed by atoms with Crippen LogP contribution in [-0.4, -0.2) is 32.0 Å². The molecule has 110 valence electrons. The molecule has 1 aromatic rings. The second-order valence-corrected chi connectivity index (χ2v) is 3.99. The molecular weight excluding hydrogens is 279 g/mol. The average molecular weight is 291 g/mol. The quantitative estimate of drug-likeness (QED) is 0.860. The number of nitrogens with one attached hydrogen (secondary N) is 1. The van der Waals surface area contributed by atoms with Gasteiger partial charge in [-0.15, -0.1) is 0 Å². The fraction of sp³-hybridized carbons (Fsp3) is 0.417. The van der Waals surface area contributed by atoms with Gasteiger partial charge in [-0.25, -0.2) is 0 Å². The zero-order valence-electron chi connectivity index (χ0n) is 10.3. The summed E-state index contributed by atoms with van der Waals surface area (Å²) in [5.74, 6) is 0.289. The highest BCUT2D eigenvalue weighted by atomic mass is 19.4. The van der Waals surface area contributed by atoms with E-state index in [2.05, 4.69) is 0 Å². The van der Waals surface area contributed by atoms with Crippen molar-refractivity contribution in [1.82, 2.24) is 5.32 Å². The van der Waals surface area contributed by atoms with Gasteiger partial charge in [-0.05, 0) is 12.1 Å². The zero-order chi connectivity index (χ0) is 14.6. The third-order valence-electron chi connectivity index (χ3n) is 2.38. The predicted molar refractivity (Wildman–Crippen MR) is 61.7 cm³/mol. The van der Waals surface area contributed by atoms with Crippen LogP contribution in [0.2, 0.25) is 0 Å². The molecule has 0 aliphatic carbocycles. The number of ether oxygens (including phenoxy) is 3. The SMILES string of the molecule is O=C(CC(F)(F)F)NCOc1ccc2c(c1)OCCO2. The molecule has 1 aliphatic heterocycles. The van der Waals surface area contributed by atoms with Crippen LogP contribution in [0.15, 0.2) is 18.2 Å². The fourth-order valence-electron chi connectivity index (χ4n) is 1.56. The Balaban J connectivity index is 1.81. The molecule has 0 saturated heterocycles. The first-order chi connectivity index (χ1) is 9.44. The molecular formula is C12H12F3NO4. The molecule has 2 rings (SSSR count). The molecule has 0 spiro atoms. The lowest BCUT2D eigenvalue weighted by Gasteiger charge is -2.19. The van der Waals surface area contributed by atoms with Crippen LogP contribution in [0, 0.1) is 0 Å². The Morgan fingerprint density at radius 2 is 1.95 bits per heavy atom. The minimum Gasteiger partial charge on any atom is -0.486 e. The molecule has 0 radical (unpaired) electrons. The zero-order valence-corrected chi connectivity index (χ0v) is 10.3. The van der Waals surface area contributed by atoms with Gasteiger partial charge >= 0.3 is 6.18 Å². The van der Waals surface area contributed by atoms with E-state index in [0.717, 1.165) is 0 Å². The van der Waals surface area contributed by atoms with Crippen LogP contribution in [0.5, 0.6) is 17.2 Å². The second-order valence-electron chi connectivity index (χ2n) is 3.99. The summed E-state index contributed by atoms with van der Waals surface area (Å²) in [5.41, 5.74) is 0. The maximum absolute atomic E-state index is 11.9. The van der Waals surface area contributed by atoms with Crippen LogP contribution < -0.4 is 19.5 Å². The van der Waals surface area contributed by atoms with E-state index in [4.69, 9.17) is 14.2 Å². The highest BCUT2D eigenvalue weighted by Gasteiger charge is 2.30. The van der Waals surface area contributed by atoms with Crippen LogP contribution in [-0.2, 0) is 4.79 Å². The molecule has 8 heteroatoms. The number of rotatable bonds is 4. The van der Waals surface area contributed by atoms with Gasteiger partial charge in [0.1, 0.15) is 25.4 Å². The van der Waals surface area contributed by atoms with Crippen LogP contribution in [0.25, 0.3) is 0 Å². The van der Waals surface area contributed by atoms with Crippen molar-refractivity contribution in [2.24, 2.45) is 0 Å². The van der Waals surface area contributed by atoms with Gasteiger partial charge in [0.25, 0.3) is 0 Å². The Kier molecular flexibility index (Phi) is 4.21. The van der Waals surface area contributed by atoms with Gasteiger partial charge in [0.05, 0.1) is 0 Å².